The maximum absolute atomic E-state index is 12.3. The molecule has 154 valence electrons. The van der Waals surface area contributed by atoms with Crippen LogP contribution >= 0.6 is 0 Å². The number of benzene rings is 1. The van der Waals surface area contributed by atoms with E-state index in [1.165, 1.54) is 0 Å². The molecule has 2 aromatic heterocycles. The minimum Gasteiger partial charge on any atom is -0.463 e. The Bertz CT molecular complexity index is 998. The van der Waals surface area contributed by atoms with E-state index in [2.05, 4.69) is 25.9 Å². The van der Waals surface area contributed by atoms with Crippen LogP contribution < -0.4 is 16.0 Å². The van der Waals surface area contributed by atoms with Crippen LogP contribution in [0, 0.1) is 0 Å². The van der Waals surface area contributed by atoms with Crippen LogP contribution in [0.5, 0.6) is 0 Å². The van der Waals surface area contributed by atoms with E-state index < -0.39 is 0 Å². The van der Waals surface area contributed by atoms with Crippen LogP contribution in [0.15, 0.2) is 65.4 Å². The zero-order valence-electron chi connectivity index (χ0n) is 16.0. The molecule has 5 rings (SSSR count). The highest BCUT2D eigenvalue weighted by atomic mass is 16.6. The van der Waals surface area contributed by atoms with E-state index >= 15 is 0 Å². The first kappa shape index (κ1) is 18.6. The smallest absolute Gasteiger partial charge is 0.319 e. The first-order chi connectivity index (χ1) is 14.8. The molecule has 3 aromatic rings. The van der Waals surface area contributed by atoms with Crippen molar-refractivity contribution >= 4 is 17.7 Å². The van der Waals surface area contributed by atoms with E-state index in [1.807, 2.05) is 42.5 Å². The van der Waals surface area contributed by atoms with Crippen molar-refractivity contribution in [2.45, 2.75) is 24.3 Å². The summed E-state index contributed by atoms with van der Waals surface area (Å²) in [6, 6.07) is 14.1. The lowest BCUT2D eigenvalue weighted by molar-refractivity contribution is 0.0683. The van der Waals surface area contributed by atoms with Crippen LogP contribution in [0.25, 0.3) is 11.5 Å². The summed E-state index contributed by atoms with van der Waals surface area (Å²) in [5.41, 5.74) is 1.42. The Balaban J connectivity index is 1.20. The molecule has 2 fully saturated rings. The molecule has 9 nitrogen and oxygen atoms in total. The SMILES string of the molecule is O=C(Nc1ccccc1)N[C@@H]1CO[C@@H]2[C@@H]1OC[C@@H]2Nc1nccc(-c2ccco2)n1. The Kier molecular flexibility index (Phi) is 5.04. The number of fused-ring (bicyclic) bond motifs is 1. The largest absolute Gasteiger partial charge is 0.463 e. The number of amides is 2. The van der Waals surface area contributed by atoms with Gasteiger partial charge in [-0.15, -0.1) is 0 Å². The quantitative estimate of drug-likeness (QED) is 0.596. The number of ether oxygens (including phenoxy) is 2. The van der Waals surface area contributed by atoms with Gasteiger partial charge in [0.2, 0.25) is 5.95 Å². The van der Waals surface area contributed by atoms with E-state index in [9.17, 15) is 4.79 Å². The Morgan fingerprint density at radius 2 is 1.77 bits per heavy atom. The molecule has 0 aliphatic carbocycles. The van der Waals surface area contributed by atoms with E-state index in [-0.39, 0.29) is 30.3 Å². The average molecular weight is 407 g/mol. The fourth-order valence-electron chi connectivity index (χ4n) is 3.76. The number of carbonyl (C=O) groups excluding carboxylic acids is 1. The normalized spacial score (nSPS) is 24.9. The molecule has 0 radical (unpaired) electrons. The van der Waals surface area contributed by atoms with Crippen LogP contribution in [0.4, 0.5) is 16.4 Å². The van der Waals surface area contributed by atoms with Crippen molar-refractivity contribution < 1.29 is 18.7 Å². The Morgan fingerprint density at radius 1 is 0.967 bits per heavy atom. The Hall–Kier alpha value is -3.43. The third-order valence-electron chi connectivity index (χ3n) is 5.15. The molecule has 4 heterocycles. The molecule has 0 bridgehead atoms. The van der Waals surface area contributed by atoms with Crippen LogP contribution in [-0.4, -0.2) is 53.5 Å². The molecular formula is C21H21N5O4. The number of aromatic nitrogens is 2. The first-order valence-corrected chi connectivity index (χ1v) is 9.75. The number of urea groups is 1. The predicted octanol–water partition coefficient (Wildman–Crippen LogP) is 2.51. The fourth-order valence-corrected chi connectivity index (χ4v) is 3.76. The van der Waals surface area contributed by atoms with Gasteiger partial charge in [-0.05, 0) is 30.3 Å². The molecule has 2 aliphatic rings. The number of rotatable bonds is 5. The van der Waals surface area contributed by atoms with Gasteiger partial charge in [-0.1, -0.05) is 18.2 Å². The lowest BCUT2D eigenvalue weighted by atomic mass is 10.1. The van der Waals surface area contributed by atoms with Gasteiger partial charge in [0.05, 0.1) is 31.6 Å². The highest BCUT2D eigenvalue weighted by Gasteiger charge is 2.48. The number of carbonyl (C=O) groups is 1. The van der Waals surface area contributed by atoms with Crippen LogP contribution in [0.3, 0.4) is 0 Å². The van der Waals surface area contributed by atoms with Crippen LogP contribution in [0.2, 0.25) is 0 Å². The fraction of sp³-hybridized carbons (Fsp3) is 0.286. The molecule has 9 heteroatoms. The minimum absolute atomic E-state index is 0.120. The highest BCUT2D eigenvalue weighted by molar-refractivity contribution is 5.89. The number of hydrogen-bond donors (Lipinski definition) is 3. The van der Waals surface area contributed by atoms with Crippen molar-refractivity contribution in [3.05, 3.63) is 61.0 Å². The number of para-hydroxylation sites is 1. The molecule has 2 amide bonds. The summed E-state index contributed by atoms with van der Waals surface area (Å²) in [5.74, 6) is 1.15. The summed E-state index contributed by atoms with van der Waals surface area (Å²) >= 11 is 0. The van der Waals surface area contributed by atoms with Crippen LogP contribution in [-0.2, 0) is 9.47 Å². The lowest BCUT2D eigenvalue weighted by Gasteiger charge is -2.18. The topological polar surface area (TPSA) is 111 Å². The molecule has 0 unspecified atom stereocenters. The van der Waals surface area contributed by atoms with Gasteiger partial charge in [-0.25, -0.2) is 14.8 Å². The minimum atomic E-state index is -0.287. The third kappa shape index (κ3) is 3.85. The van der Waals surface area contributed by atoms with Crippen LogP contribution in [0.1, 0.15) is 0 Å². The molecule has 0 spiro atoms. The first-order valence-electron chi connectivity index (χ1n) is 9.75. The summed E-state index contributed by atoms with van der Waals surface area (Å²) < 4.78 is 17.2. The van der Waals surface area contributed by atoms with Gasteiger partial charge in [0.15, 0.2) is 5.76 Å². The number of anilines is 2. The highest BCUT2D eigenvalue weighted by Crippen LogP contribution is 2.29. The second-order valence-electron chi connectivity index (χ2n) is 7.16. The molecule has 4 atom stereocenters. The summed E-state index contributed by atoms with van der Waals surface area (Å²) in [5, 5.41) is 9.04. The van der Waals surface area contributed by atoms with Crippen molar-refractivity contribution in [3.63, 3.8) is 0 Å². The van der Waals surface area contributed by atoms with E-state index in [0.29, 0.717) is 30.6 Å². The third-order valence-corrected chi connectivity index (χ3v) is 5.15. The lowest BCUT2D eigenvalue weighted by Crippen LogP contribution is -2.46. The van der Waals surface area contributed by atoms with E-state index in [4.69, 9.17) is 13.9 Å². The number of furan rings is 1. The van der Waals surface area contributed by atoms with Crippen molar-refractivity contribution in [2.75, 3.05) is 23.8 Å². The zero-order valence-corrected chi connectivity index (χ0v) is 16.0. The summed E-state index contributed by atoms with van der Waals surface area (Å²) in [6.07, 6.45) is 2.84. The number of hydrogen-bond acceptors (Lipinski definition) is 7. The van der Waals surface area contributed by atoms with Crippen molar-refractivity contribution in [1.82, 2.24) is 15.3 Å². The Labute approximate surface area is 172 Å². The molecular weight excluding hydrogens is 386 g/mol. The summed E-state index contributed by atoms with van der Waals surface area (Å²) in [6.45, 7) is 0.811. The second kappa shape index (κ2) is 8.13. The van der Waals surface area contributed by atoms with Gasteiger partial charge >= 0.3 is 6.03 Å². The van der Waals surface area contributed by atoms with Crippen molar-refractivity contribution in [1.29, 1.82) is 0 Å². The maximum atomic E-state index is 12.3. The van der Waals surface area contributed by atoms with Gasteiger partial charge in [-0.3, -0.25) is 0 Å². The van der Waals surface area contributed by atoms with Gasteiger partial charge in [-0.2, -0.15) is 0 Å². The number of nitrogens with zero attached hydrogens (tertiary/aromatic N) is 2. The molecule has 3 N–H and O–H groups in total. The monoisotopic (exact) mass is 407 g/mol. The molecule has 2 aliphatic heterocycles. The second-order valence-corrected chi connectivity index (χ2v) is 7.16. The maximum Gasteiger partial charge on any atom is 0.319 e. The zero-order chi connectivity index (χ0) is 20.3. The number of nitrogens with one attached hydrogen (secondary N) is 3. The molecule has 30 heavy (non-hydrogen) atoms. The van der Waals surface area contributed by atoms with Gasteiger partial charge in [0.1, 0.15) is 17.9 Å². The standard InChI is InChI=1S/C21H21N5O4/c27-21(23-13-5-2-1-3-6-13)26-16-12-30-18-15(11-29-19(16)18)25-20-22-9-8-14(24-20)17-7-4-10-28-17/h1-10,15-16,18-19H,11-12H2,(H,22,24,25)(H2,23,26,27)/t15-,16+,18-,19+/m0/s1. The summed E-state index contributed by atoms with van der Waals surface area (Å²) in [7, 11) is 0. The van der Waals surface area contributed by atoms with Crippen molar-refractivity contribution in [3.8, 4) is 11.5 Å². The average Bonchev–Trinajstić information content (AvgIpc) is 3.50. The van der Waals surface area contributed by atoms with Gasteiger partial charge < -0.3 is 29.8 Å². The predicted molar refractivity (Wildman–Crippen MR) is 109 cm³/mol. The van der Waals surface area contributed by atoms with E-state index in [0.717, 1.165) is 5.69 Å². The molecule has 2 saturated heterocycles. The van der Waals surface area contributed by atoms with Gasteiger partial charge in [0, 0.05) is 11.9 Å². The van der Waals surface area contributed by atoms with Crippen molar-refractivity contribution in [2.24, 2.45) is 0 Å². The molecule has 0 saturated carbocycles. The molecule has 1 aromatic carbocycles. The van der Waals surface area contributed by atoms with Gasteiger partial charge in [0.25, 0.3) is 0 Å². The summed E-state index contributed by atoms with van der Waals surface area (Å²) in [4.78, 5) is 21.1. The Morgan fingerprint density at radius 3 is 2.57 bits per heavy atom. The van der Waals surface area contributed by atoms with E-state index in [1.54, 1.807) is 18.5 Å².